The molecule has 14 nitrogen and oxygen atoms in total. The van der Waals surface area contributed by atoms with Crippen LogP contribution in [0.1, 0.15) is 32.3 Å². The summed E-state index contributed by atoms with van der Waals surface area (Å²) in [6, 6.07) is 11.1. The maximum atomic E-state index is 14.0. The van der Waals surface area contributed by atoms with E-state index in [1.165, 1.54) is 30.0 Å². The quantitative estimate of drug-likeness (QED) is 0.307. The van der Waals surface area contributed by atoms with Crippen molar-refractivity contribution < 1.29 is 46.5 Å². The van der Waals surface area contributed by atoms with E-state index in [0.29, 0.717) is 36.6 Å². The highest BCUT2D eigenvalue weighted by molar-refractivity contribution is 7.89. The molecular formula is C32H42N4O10S. The first-order valence-corrected chi connectivity index (χ1v) is 16.9. The van der Waals surface area contributed by atoms with Crippen LogP contribution in [0.5, 0.6) is 11.5 Å². The van der Waals surface area contributed by atoms with Crippen LogP contribution in [0.15, 0.2) is 47.4 Å². The molecule has 2 bridgehead atoms. The maximum Gasteiger partial charge on any atom is 0.314 e. The molecule has 0 saturated carbocycles. The monoisotopic (exact) mass is 674 g/mol. The number of methoxy groups -OCH3 is 1. The SMILES string of the molecule is CCOC(=O)C1(CCCOC)CNC(=O)CN(S(=O)(=O)c2ccc3c(c2)N(C(C)=O)CCO3)CCNC(=O)COc2cccc(c2)C1. The third-order valence-electron chi connectivity index (χ3n) is 7.96. The number of sulfonamides is 1. The standard InChI is InChI=1S/C32H42N4O10S/c1-4-44-31(40)32(11-6-15-43-3)19-24-7-5-8-25(17-24)46-21-30(39)33-12-13-35(20-29(38)34-22-32)47(41,42)26-9-10-28-27(18-26)36(23(2)37)14-16-45-28/h5,7-10,17-18H,4,6,11-16,19-22H2,1-3H3,(H,33,39)(H,34,38). The number of hydrogen-bond acceptors (Lipinski definition) is 10. The highest BCUT2D eigenvalue weighted by atomic mass is 32.2. The van der Waals surface area contributed by atoms with Gasteiger partial charge in [0.15, 0.2) is 6.61 Å². The summed E-state index contributed by atoms with van der Waals surface area (Å²) in [7, 11) is -2.78. The number of nitrogens with one attached hydrogen (secondary N) is 2. The van der Waals surface area contributed by atoms with Gasteiger partial charge in [0.2, 0.25) is 21.8 Å². The van der Waals surface area contributed by atoms with Gasteiger partial charge in [-0.15, -0.1) is 0 Å². The number of nitrogens with zero attached hydrogens (tertiary/aromatic N) is 2. The zero-order valence-corrected chi connectivity index (χ0v) is 27.7. The third kappa shape index (κ3) is 8.99. The molecule has 1 unspecified atom stereocenters. The van der Waals surface area contributed by atoms with Gasteiger partial charge < -0.3 is 34.5 Å². The average molecular weight is 675 g/mol. The molecule has 0 aliphatic carbocycles. The fraction of sp³-hybridized carbons (Fsp3) is 0.500. The molecular weight excluding hydrogens is 632 g/mol. The zero-order valence-electron chi connectivity index (χ0n) is 26.9. The maximum absolute atomic E-state index is 14.0. The largest absolute Gasteiger partial charge is 0.490 e. The van der Waals surface area contributed by atoms with Gasteiger partial charge in [0.05, 0.1) is 35.7 Å². The summed E-state index contributed by atoms with van der Waals surface area (Å²) in [4.78, 5) is 53.2. The number of hydrogen-bond donors (Lipinski definition) is 2. The lowest BCUT2D eigenvalue weighted by molar-refractivity contribution is -0.156. The third-order valence-corrected chi connectivity index (χ3v) is 9.80. The van der Waals surface area contributed by atoms with Crippen molar-refractivity contribution in [2.24, 2.45) is 5.41 Å². The van der Waals surface area contributed by atoms with Gasteiger partial charge in [-0.25, -0.2) is 8.42 Å². The van der Waals surface area contributed by atoms with Crippen molar-refractivity contribution in [1.82, 2.24) is 14.9 Å². The molecule has 4 rings (SSSR count). The van der Waals surface area contributed by atoms with Crippen LogP contribution < -0.4 is 25.0 Å². The minimum absolute atomic E-state index is 0.119. The topological polar surface area (TPSA) is 170 Å². The number of carbonyl (C=O) groups excluding carboxylic acids is 4. The second-order valence-electron chi connectivity index (χ2n) is 11.3. The Hall–Kier alpha value is -4.21. The number of anilines is 1. The number of ether oxygens (including phenoxy) is 4. The summed E-state index contributed by atoms with van der Waals surface area (Å²) >= 11 is 0. The first-order valence-electron chi connectivity index (χ1n) is 15.5. The molecule has 0 radical (unpaired) electrons. The van der Waals surface area contributed by atoms with E-state index in [9.17, 15) is 27.6 Å². The molecule has 2 aliphatic heterocycles. The van der Waals surface area contributed by atoms with Crippen molar-refractivity contribution >= 4 is 39.4 Å². The number of carbonyl (C=O) groups is 4. The molecule has 2 aliphatic rings. The first kappa shape index (κ1) is 35.6. The summed E-state index contributed by atoms with van der Waals surface area (Å²) in [6.07, 6.45) is 0.964. The van der Waals surface area contributed by atoms with Crippen LogP contribution in [0.25, 0.3) is 0 Å². The lowest BCUT2D eigenvalue weighted by Crippen LogP contribution is -2.49. The van der Waals surface area contributed by atoms with Gasteiger partial charge in [0, 0.05) is 40.3 Å². The molecule has 2 aromatic rings. The molecule has 0 saturated heterocycles. The molecule has 15 heteroatoms. The molecule has 256 valence electrons. The van der Waals surface area contributed by atoms with Crippen molar-refractivity contribution in [3.05, 3.63) is 48.0 Å². The van der Waals surface area contributed by atoms with Gasteiger partial charge >= 0.3 is 5.97 Å². The number of fused-ring (bicyclic) bond motifs is 3. The Bertz CT molecular complexity index is 1570. The molecule has 0 spiro atoms. The predicted molar refractivity (Wildman–Crippen MR) is 171 cm³/mol. The van der Waals surface area contributed by atoms with Gasteiger partial charge in [-0.1, -0.05) is 12.1 Å². The van der Waals surface area contributed by atoms with Crippen LogP contribution in [0, 0.1) is 5.41 Å². The second-order valence-corrected chi connectivity index (χ2v) is 13.3. The zero-order chi connectivity index (χ0) is 34.0. The van der Waals surface area contributed by atoms with E-state index in [1.807, 2.05) is 6.07 Å². The Morgan fingerprint density at radius 3 is 2.60 bits per heavy atom. The number of rotatable bonds is 8. The van der Waals surface area contributed by atoms with Crippen molar-refractivity contribution in [3.8, 4) is 11.5 Å². The van der Waals surface area contributed by atoms with Crippen LogP contribution in [-0.4, -0.2) is 103 Å². The van der Waals surface area contributed by atoms with E-state index in [0.717, 1.165) is 9.87 Å². The summed E-state index contributed by atoms with van der Waals surface area (Å²) in [5.41, 5.74) is -0.196. The van der Waals surface area contributed by atoms with Crippen LogP contribution in [-0.2, 0) is 45.1 Å². The normalized spacial score (nSPS) is 19.8. The molecule has 1 atom stereocenters. The Balaban J connectivity index is 1.68. The van der Waals surface area contributed by atoms with Crippen LogP contribution in [0.3, 0.4) is 0 Å². The fourth-order valence-corrected chi connectivity index (χ4v) is 7.00. The van der Waals surface area contributed by atoms with Gasteiger partial charge in [-0.3, -0.25) is 19.2 Å². The van der Waals surface area contributed by atoms with E-state index in [4.69, 9.17) is 18.9 Å². The summed E-state index contributed by atoms with van der Waals surface area (Å²) in [5, 5.41) is 5.42. The summed E-state index contributed by atoms with van der Waals surface area (Å²) in [6.45, 7) is 2.63. The Morgan fingerprint density at radius 1 is 1.04 bits per heavy atom. The number of benzene rings is 2. The van der Waals surface area contributed by atoms with E-state index in [1.54, 1.807) is 32.2 Å². The summed E-state index contributed by atoms with van der Waals surface area (Å²) < 4.78 is 51.0. The van der Waals surface area contributed by atoms with Gasteiger partial charge in [0.25, 0.3) is 5.91 Å². The smallest absolute Gasteiger partial charge is 0.314 e. The molecule has 2 N–H and O–H groups in total. The molecule has 0 aromatic heterocycles. The highest BCUT2D eigenvalue weighted by Gasteiger charge is 2.41. The fourth-order valence-electron chi connectivity index (χ4n) is 5.58. The van der Waals surface area contributed by atoms with Crippen molar-refractivity contribution in [2.45, 2.75) is 38.0 Å². The minimum atomic E-state index is -4.34. The van der Waals surface area contributed by atoms with Crippen molar-refractivity contribution in [2.75, 3.05) is 71.2 Å². The number of esters is 1. The van der Waals surface area contributed by atoms with E-state index < -0.39 is 39.8 Å². The Kier molecular flexibility index (Phi) is 12.2. The van der Waals surface area contributed by atoms with E-state index >= 15 is 0 Å². The average Bonchev–Trinajstić information content (AvgIpc) is 3.05. The molecule has 2 heterocycles. The van der Waals surface area contributed by atoms with E-state index in [-0.39, 0.29) is 63.2 Å². The molecule has 2 aromatic carbocycles. The Morgan fingerprint density at radius 2 is 1.85 bits per heavy atom. The highest BCUT2D eigenvalue weighted by Crippen LogP contribution is 2.35. The lowest BCUT2D eigenvalue weighted by Gasteiger charge is -2.32. The van der Waals surface area contributed by atoms with Crippen LogP contribution >= 0.6 is 0 Å². The predicted octanol–water partition coefficient (Wildman–Crippen LogP) is 1.27. The van der Waals surface area contributed by atoms with Gasteiger partial charge in [-0.2, -0.15) is 4.31 Å². The van der Waals surface area contributed by atoms with Crippen molar-refractivity contribution in [1.29, 1.82) is 0 Å². The Labute approximate surface area is 274 Å². The lowest BCUT2D eigenvalue weighted by atomic mass is 9.77. The number of amides is 3. The van der Waals surface area contributed by atoms with E-state index in [2.05, 4.69) is 10.6 Å². The van der Waals surface area contributed by atoms with Gasteiger partial charge in [-0.05, 0) is 62.1 Å². The molecule has 0 fully saturated rings. The van der Waals surface area contributed by atoms with Gasteiger partial charge in [0.1, 0.15) is 18.1 Å². The molecule has 3 amide bonds. The first-order chi connectivity index (χ1) is 22.5. The van der Waals surface area contributed by atoms with Crippen molar-refractivity contribution in [3.63, 3.8) is 0 Å². The van der Waals surface area contributed by atoms with Crippen LogP contribution in [0.2, 0.25) is 0 Å². The van der Waals surface area contributed by atoms with Crippen LogP contribution in [0.4, 0.5) is 5.69 Å². The molecule has 47 heavy (non-hydrogen) atoms. The minimum Gasteiger partial charge on any atom is -0.490 e. The second kappa shape index (κ2) is 16.1. The summed E-state index contributed by atoms with van der Waals surface area (Å²) in [5.74, 6) is -1.18.